The molecule has 0 aliphatic rings. The SMILES string of the molecule is Cc1cc(C(C)C)c(-c2cc(Cl)cc(Cl)c2)n1Cc1ccncc1. The molecule has 0 N–H and O–H groups in total. The predicted molar refractivity (Wildman–Crippen MR) is 102 cm³/mol. The van der Waals surface area contributed by atoms with Crippen LogP contribution in [0.2, 0.25) is 10.0 Å². The van der Waals surface area contributed by atoms with Crippen LogP contribution < -0.4 is 0 Å². The lowest BCUT2D eigenvalue weighted by molar-refractivity contribution is 0.775. The van der Waals surface area contributed by atoms with Gasteiger partial charge in [-0.25, -0.2) is 0 Å². The van der Waals surface area contributed by atoms with Gasteiger partial charge in [0.15, 0.2) is 0 Å². The molecule has 2 heterocycles. The van der Waals surface area contributed by atoms with E-state index in [-0.39, 0.29) is 0 Å². The van der Waals surface area contributed by atoms with Gasteiger partial charge in [0.1, 0.15) is 0 Å². The summed E-state index contributed by atoms with van der Waals surface area (Å²) in [4.78, 5) is 4.10. The number of rotatable bonds is 4. The number of hydrogen-bond donors (Lipinski definition) is 0. The minimum absolute atomic E-state index is 0.412. The van der Waals surface area contributed by atoms with Crippen molar-refractivity contribution in [1.29, 1.82) is 0 Å². The van der Waals surface area contributed by atoms with Crippen molar-refractivity contribution in [2.75, 3.05) is 0 Å². The first-order chi connectivity index (χ1) is 11.5. The minimum atomic E-state index is 0.412. The van der Waals surface area contributed by atoms with Crippen LogP contribution in [0.15, 0.2) is 48.8 Å². The molecule has 4 heteroatoms. The molecule has 0 unspecified atom stereocenters. The Morgan fingerprint density at radius 1 is 1.00 bits per heavy atom. The molecular weight excluding hydrogens is 339 g/mol. The fraction of sp³-hybridized carbons (Fsp3) is 0.250. The zero-order valence-corrected chi connectivity index (χ0v) is 15.6. The first kappa shape index (κ1) is 17.1. The number of aryl methyl sites for hydroxylation is 1. The first-order valence-electron chi connectivity index (χ1n) is 8.01. The fourth-order valence-corrected chi connectivity index (χ4v) is 3.56. The van der Waals surface area contributed by atoms with E-state index in [0.29, 0.717) is 16.0 Å². The highest BCUT2D eigenvalue weighted by Gasteiger charge is 2.18. The van der Waals surface area contributed by atoms with E-state index >= 15 is 0 Å². The molecule has 0 amide bonds. The Kier molecular flexibility index (Phi) is 4.98. The van der Waals surface area contributed by atoms with Gasteiger partial charge >= 0.3 is 0 Å². The van der Waals surface area contributed by atoms with E-state index in [2.05, 4.69) is 36.4 Å². The van der Waals surface area contributed by atoms with E-state index in [0.717, 1.165) is 12.1 Å². The van der Waals surface area contributed by atoms with E-state index in [4.69, 9.17) is 23.2 Å². The van der Waals surface area contributed by atoms with E-state index in [1.165, 1.54) is 22.5 Å². The molecule has 0 aliphatic heterocycles. The van der Waals surface area contributed by atoms with Crippen LogP contribution in [-0.4, -0.2) is 9.55 Å². The van der Waals surface area contributed by atoms with Crippen molar-refractivity contribution < 1.29 is 0 Å². The first-order valence-corrected chi connectivity index (χ1v) is 8.76. The molecule has 3 aromatic rings. The van der Waals surface area contributed by atoms with Gasteiger partial charge < -0.3 is 4.57 Å². The normalized spacial score (nSPS) is 11.2. The molecule has 0 saturated heterocycles. The average Bonchev–Trinajstić information content (AvgIpc) is 2.85. The molecule has 2 nitrogen and oxygen atoms in total. The summed E-state index contributed by atoms with van der Waals surface area (Å²) in [6.07, 6.45) is 3.65. The summed E-state index contributed by atoms with van der Waals surface area (Å²) in [5, 5.41) is 1.31. The number of benzene rings is 1. The van der Waals surface area contributed by atoms with Gasteiger partial charge in [-0.15, -0.1) is 0 Å². The number of pyridine rings is 1. The van der Waals surface area contributed by atoms with Crippen LogP contribution >= 0.6 is 23.2 Å². The van der Waals surface area contributed by atoms with Crippen molar-refractivity contribution in [3.05, 3.63) is 75.7 Å². The maximum absolute atomic E-state index is 6.25. The molecule has 124 valence electrons. The Labute approximate surface area is 153 Å². The number of nitrogens with zero attached hydrogens (tertiary/aromatic N) is 2. The monoisotopic (exact) mass is 358 g/mol. The maximum Gasteiger partial charge on any atom is 0.0521 e. The second kappa shape index (κ2) is 7.00. The summed E-state index contributed by atoms with van der Waals surface area (Å²) in [5.41, 5.74) is 5.98. The molecule has 24 heavy (non-hydrogen) atoms. The molecular formula is C20H20Cl2N2. The lowest BCUT2D eigenvalue weighted by Crippen LogP contribution is -2.05. The molecule has 0 radical (unpaired) electrons. The summed E-state index contributed by atoms with van der Waals surface area (Å²) in [7, 11) is 0. The number of aromatic nitrogens is 2. The molecule has 0 atom stereocenters. The Bertz CT molecular complexity index is 831. The molecule has 0 bridgehead atoms. The van der Waals surface area contributed by atoms with Crippen LogP contribution in [0.3, 0.4) is 0 Å². The van der Waals surface area contributed by atoms with Crippen LogP contribution in [0.25, 0.3) is 11.3 Å². The van der Waals surface area contributed by atoms with Crippen LogP contribution in [0.4, 0.5) is 0 Å². The number of halogens is 2. The Balaban J connectivity index is 2.18. The molecule has 1 aromatic carbocycles. The summed E-state index contributed by atoms with van der Waals surface area (Å²) in [6, 6.07) is 12.1. The van der Waals surface area contributed by atoms with Gasteiger partial charge in [0.05, 0.1) is 5.69 Å². The Morgan fingerprint density at radius 2 is 1.62 bits per heavy atom. The molecule has 0 fully saturated rings. The lowest BCUT2D eigenvalue weighted by Gasteiger charge is -2.16. The third kappa shape index (κ3) is 3.50. The highest BCUT2D eigenvalue weighted by atomic mass is 35.5. The molecule has 3 rings (SSSR count). The topological polar surface area (TPSA) is 17.8 Å². The van der Waals surface area contributed by atoms with Crippen molar-refractivity contribution in [3.63, 3.8) is 0 Å². The highest BCUT2D eigenvalue weighted by Crippen LogP contribution is 2.35. The van der Waals surface area contributed by atoms with Gasteiger partial charge in [-0.05, 0) is 60.4 Å². The molecule has 0 aliphatic carbocycles. The molecule has 0 spiro atoms. The lowest BCUT2D eigenvalue weighted by atomic mass is 9.99. The standard InChI is InChI=1S/C20H20Cl2N2/c1-13(2)19-8-14(3)24(12-15-4-6-23-7-5-15)20(19)16-9-17(21)11-18(22)10-16/h4-11,13H,12H2,1-3H3. The molecule has 0 saturated carbocycles. The third-order valence-corrected chi connectivity index (χ3v) is 4.62. The van der Waals surface area contributed by atoms with Crippen molar-refractivity contribution >= 4 is 23.2 Å². The third-order valence-electron chi connectivity index (χ3n) is 4.18. The molecule has 2 aromatic heterocycles. The van der Waals surface area contributed by atoms with E-state index in [1.807, 2.05) is 36.7 Å². The van der Waals surface area contributed by atoms with Crippen molar-refractivity contribution in [1.82, 2.24) is 9.55 Å². The minimum Gasteiger partial charge on any atom is -0.340 e. The second-order valence-electron chi connectivity index (χ2n) is 6.34. The maximum atomic E-state index is 6.25. The summed E-state index contributed by atoms with van der Waals surface area (Å²) in [6.45, 7) is 7.35. The van der Waals surface area contributed by atoms with E-state index < -0.39 is 0 Å². The van der Waals surface area contributed by atoms with Crippen LogP contribution in [0.1, 0.15) is 36.6 Å². The largest absolute Gasteiger partial charge is 0.340 e. The van der Waals surface area contributed by atoms with Gasteiger partial charge in [0.2, 0.25) is 0 Å². The summed E-state index contributed by atoms with van der Waals surface area (Å²) >= 11 is 12.5. The zero-order valence-electron chi connectivity index (χ0n) is 14.1. The Morgan fingerprint density at radius 3 is 2.21 bits per heavy atom. The number of hydrogen-bond acceptors (Lipinski definition) is 1. The predicted octanol–water partition coefficient (Wildman–Crippen LogP) is 6.34. The van der Waals surface area contributed by atoms with Crippen molar-refractivity contribution in [2.24, 2.45) is 0 Å². The highest BCUT2D eigenvalue weighted by molar-refractivity contribution is 6.35. The van der Waals surface area contributed by atoms with Gasteiger partial charge in [-0.2, -0.15) is 0 Å². The second-order valence-corrected chi connectivity index (χ2v) is 7.22. The smallest absolute Gasteiger partial charge is 0.0521 e. The van der Waals surface area contributed by atoms with Crippen LogP contribution in [-0.2, 0) is 6.54 Å². The van der Waals surface area contributed by atoms with Crippen LogP contribution in [0, 0.1) is 6.92 Å². The Hall–Kier alpha value is -1.77. The fourth-order valence-electron chi connectivity index (χ4n) is 3.03. The van der Waals surface area contributed by atoms with Crippen molar-refractivity contribution in [3.8, 4) is 11.3 Å². The van der Waals surface area contributed by atoms with E-state index in [9.17, 15) is 0 Å². The van der Waals surface area contributed by atoms with Gasteiger partial charge in [-0.3, -0.25) is 4.98 Å². The van der Waals surface area contributed by atoms with Crippen molar-refractivity contribution in [2.45, 2.75) is 33.2 Å². The van der Waals surface area contributed by atoms with Gasteiger partial charge in [0, 0.05) is 40.2 Å². The van der Waals surface area contributed by atoms with Gasteiger partial charge in [0.25, 0.3) is 0 Å². The quantitative estimate of drug-likeness (QED) is 0.532. The van der Waals surface area contributed by atoms with E-state index in [1.54, 1.807) is 6.07 Å². The van der Waals surface area contributed by atoms with Gasteiger partial charge in [-0.1, -0.05) is 37.0 Å². The summed E-state index contributed by atoms with van der Waals surface area (Å²) in [5.74, 6) is 0.412. The summed E-state index contributed by atoms with van der Waals surface area (Å²) < 4.78 is 2.33. The average molecular weight is 359 g/mol. The zero-order chi connectivity index (χ0) is 17.3. The van der Waals surface area contributed by atoms with Crippen LogP contribution in [0.5, 0.6) is 0 Å².